The molecule has 1 amide bonds. The third kappa shape index (κ3) is 4.99. The van der Waals surface area contributed by atoms with Crippen LogP contribution in [0.25, 0.3) is 0 Å². The summed E-state index contributed by atoms with van der Waals surface area (Å²) in [6.45, 7) is 5.68. The van der Waals surface area contributed by atoms with Gasteiger partial charge in [-0.3, -0.25) is 9.10 Å². The highest BCUT2D eigenvalue weighted by Crippen LogP contribution is 2.27. The molecule has 2 aromatic carbocycles. The number of hydrogen-bond acceptors (Lipinski definition) is 3. The number of halogens is 1. The summed E-state index contributed by atoms with van der Waals surface area (Å²) in [5.41, 5.74) is 3.07. The number of nitrogens with one attached hydrogen (secondary N) is 1. The lowest BCUT2D eigenvalue weighted by Crippen LogP contribution is -2.37. The van der Waals surface area contributed by atoms with Gasteiger partial charge in [-0.05, 0) is 48.2 Å². The van der Waals surface area contributed by atoms with Crippen molar-refractivity contribution in [3.8, 4) is 0 Å². The Bertz CT molecular complexity index is 894. The van der Waals surface area contributed by atoms with E-state index in [9.17, 15) is 13.2 Å². The van der Waals surface area contributed by atoms with Crippen molar-refractivity contribution in [2.45, 2.75) is 26.7 Å². The fourth-order valence-corrected chi connectivity index (χ4v) is 3.64. The maximum absolute atomic E-state index is 12.6. The third-order valence-corrected chi connectivity index (χ3v) is 5.39. The van der Waals surface area contributed by atoms with Crippen LogP contribution in [0.2, 0.25) is 5.02 Å². The van der Waals surface area contributed by atoms with Gasteiger partial charge in [-0.2, -0.15) is 0 Å². The Morgan fingerprint density at radius 1 is 1.15 bits per heavy atom. The molecule has 2 aromatic rings. The number of amides is 1. The van der Waals surface area contributed by atoms with Crippen LogP contribution in [0.15, 0.2) is 42.5 Å². The second kappa shape index (κ2) is 8.10. The van der Waals surface area contributed by atoms with Crippen LogP contribution in [0.5, 0.6) is 0 Å². The number of carbonyl (C=O) groups excluding carboxylic acids is 1. The summed E-state index contributed by atoms with van der Waals surface area (Å²) >= 11 is 5.86. The minimum atomic E-state index is -3.63. The van der Waals surface area contributed by atoms with Gasteiger partial charge in [0, 0.05) is 10.7 Å². The van der Waals surface area contributed by atoms with Gasteiger partial charge in [-0.25, -0.2) is 8.42 Å². The number of carbonyl (C=O) groups is 1. The average molecular weight is 395 g/mol. The highest BCUT2D eigenvalue weighted by Gasteiger charge is 2.22. The zero-order chi connectivity index (χ0) is 19.5. The molecular weight excluding hydrogens is 372 g/mol. The minimum Gasteiger partial charge on any atom is -0.324 e. The number of sulfonamides is 1. The molecule has 0 spiro atoms. The molecule has 0 aliphatic heterocycles. The summed E-state index contributed by atoms with van der Waals surface area (Å²) in [6, 6.07) is 12.1. The van der Waals surface area contributed by atoms with E-state index in [1.807, 2.05) is 39.0 Å². The lowest BCUT2D eigenvalue weighted by molar-refractivity contribution is -0.114. The molecule has 0 aromatic heterocycles. The van der Waals surface area contributed by atoms with Crippen molar-refractivity contribution in [1.82, 2.24) is 0 Å². The van der Waals surface area contributed by atoms with E-state index >= 15 is 0 Å². The van der Waals surface area contributed by atoms with Crippen molar-refractivity contribution in [3.63, 3.8) is 0 Å². The van der Waals surface area contributed by atoms with Crippen LogP contribution in [-0.4, -0.2) is 27.1 Å². The lowest BCUT2D eigenvalue weighted by atomic mass is 9.98. The number of benzene rings is 2. The van der Waals surface area contributed by atoms with Gasteiger partial charge in [0.25, 0.3) is 0 Å². The summed E-state index contributed by atoms with van der Waals surface area (Å²) in [5, 5.41) is 3.37. The molecule has 26 heavy (non-hydrogen) atoms. The molecule has 0 fully saturated rings. The standard InChI is InChI=1S/C19H23ClN2O3S/c1-13(2)17-7-5-6-14(3)19(17)21-18(23)12-22(26(4,24)25)16-10-8-15(20)9-11-16/h5-11,13H,12H2,1-4H3,(H,21,23). The molecule has 0 bridgehead atoms. The quantitative estimate of drug-likeness (QED) is 0.799. The molecule has 5 nitrogen and oxygen atoms in total. The monoisotopic (exact) mass is 394 g/mol. The topological polar surface area (TPSA) is 66.5 Å². The van der Waals surface area contributed by atoms with Crippen molar-refractivity contribution in [3.05, 3.63) is 58.6 Å². The van der Waals surface area contributed by atoms with Gasteiger partial charge in [0.15, 0.2) is 0 Å². The first-order valence-electron chi connectivity index (χ1n) is 8.22. The van der Waals surface area contributed by atoms with Crippen molar-refractivity contribution in [2.24, 2.45) is 0 Å². The van der Waals surface area contributed by atoms with E-state index in [1.165, 1.54) is 0 Å². The lowest BCUT2D eigenvalue weighted by Gasteiger charge is -2.23. The number of aryl methyl sites for hydroxylation is 1. The highest BCUT2D eigenvalue weighted by atomic mass is 35.5. The van der Waals surface area contributed by atoms with Crippen molar-refractivity contribution in [2.75, 3.05) is 22.4 Å². The molecule has 0 saturated carbocycles. The molecule has 140 valence electrons. The van der Waals surface area contributed by atoms with Crippen LogP contribution in [-0.2, 0) is 14.8 Å². The predicted molar refractivity (Wildman–Crippen MR) is 108 cm³/mol. The van der Waals surface area contributed by atoms with E-state index in [0.717, 1.165) is 27.4 Å². The largest absolute Gasteiger partial charge is 0.324 e. The molecule has 0 heterocycles. The van der Waals surface area contributed by atoms with E-state index in [-0.39, 0.29) is 12.5 Å². The molecule has 0 aliphatic carbocycles. The molecule has 0 atom stereocenters. The smallest absolute Gasteiger partial charge is 0.245 e. The van der Waals surface area contributed by atoms with E-state index in [4.69, 9.17) is 11.6 Å². The Hall–Kier alpha value is -2.05. The minimum absolute atomic E-state index is 0.229. The summed E-state index contributed by atoms with van der Waals surface area (Å²) < 4.78 is 25.4. The fourth-order valence-electron chi connectivity index (χ4n) is 2.66. The van der Waals surface area contributed by atoms with E-state index in [0.29, 0.717) is 10.7 Å². The van der Waals surface area contributed by atoms with Crippen LogP contribution < -0.4 is 9.62 Å². The summed E-state index contributed by atoms with van der Waals surface area (Å²) in [5.74, 6) is -0.172. The van der Waals surface area contributed by atoms with Crippen LogP contribution in [0, 0.1) is 6.92 Å². The van der Waals surface area contributed by atoms with Crippen LogP contribution in [0.3, 0.4) is 0 Å². The van der Waals surface area contributed by atoms with Crippen molar-refractivity contribution >= 4 is 38.9 Å². The first kappa shape index (κ1) is 20.3. The second-order valence-electron chi connectivity index (χ2n) is 6.49. The normalized spacial score (nSPS) is 11.5. The van der Waals surface area contributed by atoms with Crippen LogP contribution >= 0.6 is 11.6 Å². The molecule has 7 heteroatoms. The summed E-state index contributed by atoms with van der Waals surface area (Å²) in [4.78, 5) is 12.6. The highest BCUT2D eigenvalue weighted by molar-refractivity contribution is 7.92. The Kier molecular flexibility index (Phi) is 6.31. The van der Waals surface area contributed by atoms with Crippen molar-refractivity contribution in [1.29, 1.82) is 0 Å². The number of rotatable bonds is 6. The summed E-state index contributed by atoms with van der Waals surface area (Å²) in [6.07, 6.45) is 1.07. The molecule has 0 unspecified atom stereocenters. The Morgan fingerprint density at radius 2 is 1.77 bits per heavy atom. The molecule has 0 radical (unpaired) electrons. The molecule has 0 aliphatic rings. The zero-order valence-corrected chi connectivity index (χ0v) is 16.9. The van der Waals surface area contributed by atoms with Gasteiger partial charge in [0.2, 0.25) is 15.9 Å². The van der Waals surface area contributed by atoms with Gasteiger partial charge in [0.1, 0.15) is 6.54 Å². The molecule has 0 saturated heterocycles. The zero-order valence-electron chi connectivity index (χ0n) is 15.3. The van der Waals surface area contributed by atoms with Crippen molar-refractivity contribution < 1.29 is 13.2 Å². The van der Waals surface area contributed by atoms with Gasteiger partial charge in [-0.1, -0.05) is 43.6 Å². The molecule has 1 N–H and O–H groups in total. The SMILES string of the molecule is Cc1cccc(C(C)C)c1NC(=O)CN(c1ccc(Cl)cc1)S(C)(=O)=O. The van der Waals surface area contributed by atoms with E-state index < -0.39 is 15.9 Å². The van der Waals surface area contributed by atoms with E-state index in [2.05, 4.69) is 5.32 Å². The number of nitrogens with zero attached hydrogens (tertiary/aromatic N) is 1. The van der Waals surface area contributed by atoms with Gasteiger partial charge < -0.3 is 5.32 Å². The number of anilines is 2. The van der Waals surface area contributed by atoms with Crippen LogP contribution in [0.1, 0.15) is 30.9 Å². The fraction of sp³-hybridized carbons (Fsp3) is 0.316. The average Bonchev–Trinajstić information content (AvgIpc) is 2.54. The summed E-state index contributed by atoms with van der Waals surface area (Å²) in [7, 11) is -3.63. The maximum Gasteiger partial charge on any atom is 0.245 e. The second-order valence-corrected chi connectivity index (χ2v) is 8.83. The predicted octanol–water partition coefficient (Wildman–Crippen LogP) is 4.18. The first-order valence-corrected chi connectivity index (χ1v) is 10.4. The maximum atomic E-state index is 12.6. The Labute approximate surface area is 160 Å². The van der Waals surface area contributed by atoms with Crippen LogP contribution in [0.4, 0.5) is 11.4 Å². The van der Waals surface area contributed by atoms with Gasteiger partial charge >= 0.3 is 0 Å². The van der Waals surface area contributed by atoms with Gasteiger partial charge in [0.05, 0.1) is 11.9 Å². The number of hydrogen-bond donors (Lipinski definition) is 1. The molecule has 2 rings (SSSR count). The Balaban J connectivity index is 2.28. The van der Waals surface area contributed by atoms with Gasteiger partial charge in [-0.15, -0.1) is 0 Å². The Morgan fingerprint density at radius 3 is 2.31 bits per heavy atom. The van der Waals surface area contributed by atoms with E-state index in [1.54, 1.807) is 24.3 Å². The molecular formula is C19H23ClN2O3S. The number of para-hydroxylation sites is 1. The first-order chi connectivity index (χ1) is 12.1. The third-order valence-electron chi connectivity index (χ3n) is 3.99.